The number of likely N-dealkylation sites (tertiary alicyclic amines) is 1. The Labute approximate surface area is 104 Å². The molecule has 0 aliphatic carbocycles. The first-order valence-corrected chi connectivity index (χ1v) is 6.14. The Balaban J connectivity index is 1.87. The molecule has 102 valence electrons. The zero-order valence-corrected chi connectivity index (χ0v) is 10.3. The van der Waals surface area contributed by atoms with Crippen molar-refractivity contribution < 1.29 is 17.7 Å². The predicted octanol–water partition coefficient (Wildman–Crippen LogP) is 3.15. The van der Waals surface area contributed by atoms with Crippen LogP contribution in [0.2, 0.25) is 0 Å². The summed E-state index contributed by atoms with van der Waals surface area (Å²) in [7, 11) is 0. The molecule has 1 aromatic rings. The lowest BCUT2D eigenvalue weighted by atomic mass is 9.94. The predicted molar refractivity (Wildman–Crippen MR) is 59.9 cm³/mol. The Hall–Kier alpha value is -1.04. The van der Waals surface area contributed by atoms with Crippen molar-refractivity contribution in [1.82, 2.24) is 10.1 Å². The summed E-state index contributed by atoms with van der Waals surface area (Å²) >= 11 is 0. The first-order chi connectivity index (χ1) is 8.42. The number of hydrogen-bond acceptors (Lipinski definition) is 3. The van der Waals surface area contributed by atoms with E-state index in [1.807, 2.05) is 17.9 Å². The quantitative estimate of drug-likeness (QED) is 0.838. The second kappa shape index (κ2) is 5.30. The van der Waals surface area contributed by atoms with E-state index in [4.69, 9.17) is 4.52 Å². The van der Waals surface area contributed by atoms with Gasteiger partial charge in [0.2, 0.25) is 0 Å². The molecule has 0 radical (unpaired) electrons. The summed E-state index contributed by atoms with van der Waals surface area (Å²) in [6, 6.07) is 1.83. The maximum atomic E-state index is 12.4. The van der Waals surface area contributed by atoms with Crippen LogP contribution in [0.5, 0.6) is 0 Å². The van der Waals surface area contributed by atoms with Gasteiger partial charge in [0.15, 0.2) is 5.76 Å². The highest BCUT2D eigenvalue weighted by molar-refractivity contribution is 5.03. The second-order valence-electron chi connectivity index (χ2n) is 5.00. The van der Waals surface area contributed by atoms with Crippen LogP contribution in [0, 0.1) is 12.8 Å². The third-order valence-electron chi connectivity index (χ3n) is 3.18. The Morgan fingerprint density at radius 1 is 1.50 bits per heavy atom. The largest absolute Gasteiger partial charge is 0.389 e. The van der Waals surface area contributed by atoms with Crippen LogP contribution in [0.4, 0.5) is 13.2 Å². The van der Waals surface area contributed by atoms with E-state index in [1.165, 1.54) is 0 Å². The van der Waals surface area contributed by atoms with Gasteiger partial charge < -0.3 is 4.52 Å². The molecular formula is C12H17F3N2O. The maximum absolute atomic E-state index is 12.4. The normalized spacial score (nSPS) is 22.3. The highest BCUT2D eigenvalue weighted by Crippen LogP contribution is 2.30. The van der Waals surface area contributed by atoms with Gasteiger partial charge in [-0.05, 0) is 32.2 Å². The molecule has 1 atom stereocenters. The van der Waals surface area contributed by atoms with E-state index in [2.05, 4.69) is 5.16 Å². The lowest BCUT2D eigenvalue weighted by molar-refractivity contribution is -0.148. The molecule has 2 rings (SSSR count). The molecule has 0 saturated carbocycles. The molecule has 0 aromatic carbocycles. The Morgan fingerprint density at radius 2 is 2.28 bits per heavy atom. The smallest absolute Gasteiger partial charge is 0.360 e. The summed E-state index contributed by atoms with van der Waals surface area (Å²) < 4.78 is 42.1. The molecule has 1 aromatic heterocycles. The van der Waals surface area contributed by atoms with Crippen LogP contribution in [0.25, 0.3) is 0 Å². The van der Waals surface area contributed by atoms with Crippen LogP contribution in [-0.4, -0.2) is 29.3 Å². The number of aryl methyl sites for hydroxylation is 1. The van der Waals surface area contributed by atoms with Crippen molar-refractivity contribution in [3.63, 3.8) is 0 Å². The van der Waals surface area contributed by atoms with Gasteiger partial charge in [0.1, 0.15) is 0 Å². The Kier molecular flexibility index (Phi) is 3.94. The third-order valence-corrected chi connectivity index (χ3v) is 3.18. The molecular weight excluding hydrogens is 245 g/mol. The van der Waals surface area contributed by atoms with E-state index in [1.54, 1.807) is 0 Å². The van der Waals surface area contributed by atoms with Crippen molar-refractivity contribution >= 4 is 0 Å². The average Bonchev–Trinajstić information content (AvgIpc) is 2.62. The molecule has 0 amide bonds. The topological polar surface area (TPSA) is 29.3 Å². The highest BCUT2D eigenvalue weighted by Gasteiger charge is 2.34. The number of piperidine rings is 1. The third kappa shape index (κ3) is 4.01. The molecule has 1 aliphatic rings. The zero-order chi connectivity index (χ0) is 13.2. The fourth-order valence-electron chi connectivity index (χ4n) is 2.50. The second-order valence-corrected chi connectivity index (χ2v) is 5.00. The molecule has 3 nitrogen and oxygen atoms in total. The van der Waals surface area contributed by atoms with Gasteiger partial charge >= 0.3 is 6.18 Å². The van der Waals surface area contributed by atoms with Crippen molar-refractivity contribution in [3.8, 4) is 0 Å². The van der Waals surface area contributed by atoms with Crippen LogP contribution in [0.1, 0.15) is 30.7 Å². The van der Waals surface area contributed by atoms with Gasteiger partial charge in [0.25, 0.3) is 0 Å². The van der Waals surface area contributed by atoms with E-state index in [0.29, 0.717) is 19.5 Å². The molecule has 1 aliphatic heterocycles. The number of aromatic nitrogens is 1. The summed E-state index contributed by atoms with van der Waals surface area (Å²) in [6.45, 7) is 3.69. The van der Waals surface area contributed by atoms with Crippen LogP contribution in [-0.2, 0) is 6.54 Å². The summed E-state index contributed by atoms with van der Waals surface area (Å²) in [4.78, 5) is 2.01. The fraction of sp³-hybridized carbons (Fsp3) is 0.750. The molecule has 1 saturated heterocycles. The van der Waals surface area contributed by atoms with Gasteiger partial charge in [0.05, 0.1) is 12.2 Å². The van der Waals surface area contributed by atoms with Gasteiger partial charge in [-0.3, -0.25) is 4.90 Å². The minimum absolute atomic E-state index is 0.289. The van der Waals surface area contributed by atoms with Crippen LogP contribution in [0.3, 0.4) is 0 Å². The standard InChI is InChI=1S/C12H17F3N2O/c1-9-5-11(18-16-9)8-17-4-2-3-10(7-17)6-12(13,14)15/h5,10H,2-4,6-8H2,1H3. The molecule has 1 fully saturated rings. The number of nitrogens with zero attached hydrogens (tertiary/aromatic N) is 2. The summed E-state index contributed by atoms with van der Waals surface area (Å²) in [5, 5.41) is 3.78. The molecule has 1 unspecified atom stereocenters. The van der Waals surface area contributed by atoms with Gasteiger partial charge in [-0.1, -0.05) is 5.16 Å². The summed E-state index contributed by atoms with van der Waals surface area (Å²) in [6.07, 6.45) is -3.27. The monoisotopic (exact) mass is 262 g/mol. The van der Waals surface area contributed by atoms with E-state index in [0.717, 1.165) is 24.4 Å². The van der Waals surface area contributed by atoms with Gasteiger partial charge in [-0.2, -0.15) is 13.2 Å². The molecule has 0 N–H and O–H groups in total. The van der Waals surface area contributed by atoms with Gasteiger partial charge in [-0.15, -0.1) is 0 Å². The SMILES string of the molecule is Cc1cc(CN2CCCC(CC(F)(F)F)C2)on1. The molecule has 6 heteroatoms. The molecule has 2 heterocycles. The first kappa shape index (κ1) is 13.4. The van der Waals surface area contributed by atoms with Crippen LogP contribution >= 0.6 is 0 Å². The van der Waals surface area contributed by atoms with Gasteiger partial charge in [-0.25, -0.2) is 0 Å². The van der Waals surface area contributed by atoms with Crippen molar-refractivity contribution in [2.24, 2.45) is 5.92 Å². The number of rotatable bonds is 3. The van der Waals surface area contributed by atoms with Crippen molar-refractivity contribution in [2.45, 2.75) is 38.9 Å². The van der Waals surface area contributed by atoms with E-state index >= 15 is 0 Å². The number of alkyl halides is 3. The van der Waals surface area contributed by atoms with E-state index < -0.39 is 12.6 Å². The number of halogens is 3. The molecule has 18 heavy (non-hydrogen) atoms. The highest BCUT2D eigenvalue weighted by atomic mass is 19.4. The lowest BCUT2D eigenvalue weighted by Gasteiger charge is -2.32. The minimum Gasteiger partial charge on any atom is -0.360 e. The Bertz CT molecular complexity index is 389. The lowest BCUT2D eigenvalue weighted by Crippen LogP contribution is -2.36. The van der Waals surface area contributed by atoms with E-state index in [9.17, 15) is 13.2 Å². The minimum atomic E-state index is -4.06. The zero-order valence-electron chi connectivity index (χ0n) is 10.3. The van der Waals surface area contributed by atoms with Crippen LogP contribution in [0.15, 0.2) is 10.6 Å². The first-order valence-electron chi connectivity index (χ1n) is 6.14. The molecule has 0 spiro atoms. The maximum Gasteiger partial charge on any atom is 0.389 e. The number of hydrogen-bond donors (Lipinski definition) is 0. The van der Waals surface area contributed by atoms with Crippen molar-refractivity contribution in [2.75, 3.05) is 13.1 Å². The van der Waals surface area contributed by atoms with Crippen molar-refractivity contribution in [3.05, 3.63) is 17.5 Å². The van der Waals surface area contributed by atoms with Crippen LogP contribution < -0.4 is 0 Å². The Morgan fingerprint density at radius 3 is 2.89 bits per heavy atom. The average molecular weight is 262 g/mol. The van der Waals surface area contributed by atoms with E-state index in [-0.39, 0.29) is 5.92 Å². The summed E-state index contributed by atoms with van der Waals surface area (Å²) in [5.41, 5.74) is 0.800. The summed E-state index contributed by atoms with van der Waals surface area (Å²) in [5.74, 6) is 0.433. The molecule has 0 bridgehead atoms. The van der Waals surface area contributed by atoms with Gasteiger partial charge in [0, 0.05) is 19.0 Å². The van der Waals surface area contributed by atoms with Crippen molar-refractivity contribution in [1.29, 1.82) is 0 Å². The fourth-order valence-corrected chi connectivity index (χ4v) is 2.50.